The van der Waals surface area contributed by atoms with Crippen LogP contribution in [0.3, 0.4) is 0 Å². The van der Waals surface area contributed by atoms with E-state index in [9.17, 15) is 8.78 Å². The van der Waals surface area contributed by atoms with Crippen molar-refractivity contribution < 1.29 is 14.0 Å². The summed E-state index contributed by atoms with van der Waals surface area (Å²) in [6.45, 7) is 4.40. The minimum atomic E-state index is -0.598. The maximum Gasteiger partial charge on any atom is 0.144 e. The summed E-state index contributed by atoms with van der Waals surface area (Å²) in [5.74, 6) is -1.09. The minimum Gasteiger partial charge on any atom is -0.409 e. The van der Waals surface area contributed by atoms with Gasteiger partial charge in [0.15, 0.2) is 0 Å². The third-order valence-corrected chi connectivity index (χ3v) is 3.63. The third kappa shape index (κ3) is 4.42. The summed E-state index contributed by atoms with van der Waals surface area (Å²) in [5.41, 5.74) is 5.42. The van der Waals surface area contributed by atoms with E-state index in [4.69, 9.17) is 10.9 Å². The van der Waals surface area contributed by atoms with Crippen LogP contribution in [-0.2, 0) is 6.54 Å². The number of benzene rings is 1. The number of amidine groups is 1. The van der Waals surface area contributed by atoms with Gasteiger partial charge in [-0.3, -0.25) is 4.90 Å². The smallest absolute Gasteiger partial charge is 0.144 e. The molecule has 0 aliphatic carbocycles. The normalized spacial score (nSPS) is 12.4. The van der Waals surface area contributed by atoms with Crippen molar-refractivity contribution in [2.24, 2.45) is 10.9 Å². The molecule has 0 heterocycles. The molecule has 0 spiro atoms. The van der Waals surface area contributed by atoms with Crippen LogP contribution in [0.15, 0.2) is 21.8 Å². The van der Waals surface area contributed by atoms with Gasteiger partial charge in [0.05, 0.1) is 4.47 Å². The lowest BCUT2D eigenvalue weighted by molar-refractivity contribution is 0.212. The monoisotopic (exact) mass is 349 g/mol. The summed E-state index contributed by atoms with van der Waals surface area (Å²) in [6.07, 6.45) is 0.325. The first kappa shape index (κ1) is 16.8. The average Bonchev–Trinajstić information content (AvgIpc) is 2.41. The molecule has 0 saturated heterocycles. The Morgan fingerprint density at radius 1 is 1.45 bits per heavy atom. The highest BCUT2D eigenvalue weighted by Gasteiger charge is 2.18. The summed E-state index contributed by atoms with van der Waals surface area (Å²) in [4.78, 5) is 1.85. The zero-order chi connectivity index (χ0) is 15.3. The maximum atomic E-state index is 13.9. The molecule has 0 amide bonds. The van der Waals surface area contributed by atoms with E-state index in [1.807, 2.05) is 18.7 Å². The Morgan fingerprint density at radius 3 is 2.65 bits per heavy atom. The largest absolute Gasteiger partial charge is 0.409 e. The Morgan fingerprint density at radius 2 is 2.10 bits per heavy atom. The van der Waals surface area contributed by atoms with Crippen LogP contribution in [0.1, 0.15) is 25.8 Å². The summed E-state index contributed by atoms with van der Waals surface area (Å²) in [7, 11) is 0. The number of nitrogens with zero attached hydrogens (tertiary/aromatic N) is 2. The topological polar surface area (TPSA) is 61.8 Å². The van der Waals surface area contributed by atoms with Gasteiger partial charge in [0.2, 0.25) is 0 Å². The van der Waals surface area contributed by atoms with E-state index in [-0.39, 0.29) is 28.5 Å². The fourth-order valence-electron chi connectivity index (χ4n) is 1.75. The number of rotatable bonds is 6. The molecule has 1 aromatic carbocycles. The third-order valence-electron chi connectivity index (χ3n) is 3.01. The number of oxime groups is 1. The van der Waals surface area contributed by atoms with Crippen molar-refractivity contribution in [2.75, 3.05) is 6.54 Å². The van der Waals surface area contributed by atoms with Gasteiger partial charge in [0.1, 0.15) is 17.5 Å². The van der Waals surface area contributed by atoms with Crippen molar-refractivity contribution >= 4 is 21.8 Å². The van der Waals surface area contributed by atoms with Crippen LogP contribution < -0.4 is 5.73 Å². The van der Waals surface area contributed by atoms with E-state index in [2.05, 4.69) is 21.1 Å². The highest BCUT2D eigenvalue weighted by Crippen LogP contribution is 2.23. The Labute approximate surface area is 125 Å². The van der Waals surface area contributed by atoms with Crippen molar-refractivity contribution in [1.29, 1.82) is 0 Å². The van der Waals surface area contributed by atoms with E-state index in [0.717, 1.165) is 0 Å². The molecule has 0 radical (unpaired) electrons. The van der Waals surface area contributed by atoms with E-state index < -0.39 is 11.6 Å². The highest BCUT2D eigenvalue weighted by atomic mass is 79.9. The van der Waals surface area contributed by atoms with E-state index in [0.29, 0.717) is 13.0 Å². The molecule has 4 nitrogen and oxygen atoms in total. The van der Waals surface area contributed by atoms with Gasteiger partial charge < -0.3 is 10.9 Å². The molecule has 1 aromatic rings. The summed E-state index contributed by atoms with van der Waals surface area (Å²) >= 11 is 3.05. The molecule has 3 N–H and O–H groups in total. The Balaban J connectivity index is 2.89. The molecular formula is C13H18BrF2N3O. The first-order valence-corrected chi connectivity index (χ1v) is 6.99. The van der Waals surface area contributed by atoms with Crippen LogP contribution in [-0.4, -0.2) is 28.5 Å². The standard InChI is InChI=1S/C13H18BrF2N3O/c1-8(2)19(6-5-12(17)18-20)7-9-11(15)4-3-10(14)13(9)16/h3-4,8,20H,5-7H2,1-2H3,(H2,17,18). The molecule has 0 bridgehead atoms. The van der Waals surface area contributed by atoms with Crippen molar-refractivity contribution in [3.63, 3.8) is 0 Å². The fraction of sp³-hybridized carbons (Fsp3) is 0.462. The molecule has 20 heavy (non-hydrogen) atoms. The first-order chi connectivity index (χ1) is 9.36. The Kier molecular flexibility index (Phi) is 6.35. The molecule has 0 unspecified atom stereocenters. The van der Waals surface area contributed by atoms with Gasteiger partial charge >= 0.3 is 0 Å². The minimum absolute atomic E-state index is 0.00702. The molecule has 0 saturated carbocycles. The van der Waals surface area contributed by atoms with Crippen LogP contribution in [0, 0.1) is 11.6 Å². The van der Waals surface area contributed by atoms with Gasteiger partial charge in [-0.25, -0.2) is 8.78 Å². The van der Waals surface area contributed by atoms with Crippen molar-refractivity contribution in [3.05, 3.63) is 33.8 Å². The SMILES string of the molecule is CC(C)N(CC/C(N)=N/O)Cc1c(F)ccc(Br)c1F. The molecule has 7 heteroatoms. The number of nitrogens with two attached hydrogens (primary N) is 1. The van der Waals surface area contributed by atoms with Crippen molar-refractivity contribution in [3.8, 4) is 0 Å². The first-order valence-electron chi connectivity index (χ1n) is 6.19. The molecule has 0 aliphatic heterocycles. The number of hydrogen-bond donors (Lipinski definition) is 2. The summed E-state index contributed by atoms with van der Waals surface area (Å²) < 4.78 is 27.9. The van der Waals surface area contributed by atoms with Crippen LogP contribution in [0.4, 0.5) is 8.78 Å². The van der Waals surface area contributed by atoms with Crippen molar-refractivity contribution in [2.45, 2.75) is 32.9 Å². The van der Waals surface area contributed by atoms with Crippen molar-refractivity contribution in [1.82, 2.24) is 4.90 Å². The van der Waals surface area contributed by atoms with Crippen LogP contribution in [0.2, 0.25) is 0 Å². The zero-order valence-corrected chi connectivity index (χ0v) is 13.0. The molecule has 112 valence electrons. The molecular weight excluding hydrogens is 332 g/mol. The second kappa shape index (κ2) is 7.54. The predicted octanol–water partition coefficient (Wildman–Crippen LogP) is 3.07. The van der Waals surface area contributed by atoms with E-state index >= 15 is 0 Å². The lowest BCUT2D eigenvalue weighted by atomic mass is 10.1. The molecule has 0 aliphatic rings. The second-order valence-corrected chi connectivity index (χ2v) is 5.58. The summed E-state index contributed by atoms with van der Waals surface area (Å²) in [5, 5.41) is 11.4. The molecule has 0 atom stereocenters. The molecule has 1 rings (SSSR count). The second-order valence-electron chi connectivity index (χ2n) is 4.73. The van der Waals surface area contributed by atoms with Crippen LogP contribution in [0.5, 0.6) is 0 Å². The molecule has 0 fully saturated rings. The number of halogens is 3. The zero-order valence-electron chi connectivity index (χ0n) is 11.4. The lowest BCUT2D eigenvalue weighted by Gasteiger charge is -2.26. The van der Waals surface area contributed by atoms with Gasteiger partial charge in [0, 0.05) is 31.1 Å². The predicted molar refractivity (Wildman–Crippen MR) is 77.6 cm³/mol. The van der Waals surface area contributed by atoms with Gasteiger partial charge in [-0.2, -0.15) is 0 Å². The van der Waals surface area contributed by atoms with Gasteiger partial charge in [0.25, 0.3) is 0 Å². The van der Waals surface area contributed by atoms with Gasteiger partial charge in [-0.05, 0) is 41.9 Å². The summed E-state index contributed by atoms with van der Waals surface area (Å²) in [6, 6.07) is 2.63. The van der Waals surface area contributed by atoms with E-state index in [1.54, 1.807) is 0 Å². The fourth-order valence-corrected chi connectivity index (χ4v) is 2.12. The van der Waals surface area contributed by atoms with E-state index in [1.165, 1.54) is 12.1 Å². The Hall–Kier alpha value is -1.21. The average molecular weight is 350 g/mol. The quantitative estimate of drug-likeness (QED) is 0.273. The molecule has 0 aromatic heterocycles. The maximum absolute atomic E-state index is 13.9. The number of hydrogen-bond acceptors (Lipinski definition) is 3. The van der Waals surface area contributed by atoms with Crippen LogP contribution in [0.25, 0.3) is 0 Å². The van der Waals surface area contributed by atoms with Gasteiger partial charge in [-0.15, -0.1) is 0 Å². The Bertz CT molecular complexity index is 495. The lowest BCUT2D eigenvalue weighted by Crippen LogP contribution is -2.34. The highest BCUT2D eigenvalue weighted by molar-refractivity contribution is 9.10. The van der Waals surface area contributed by atoms with Crippen LogP contribution >= 0.6 is 15.9 Å². The van der Waals surface area contributed by atoms with Gasteiger partial charge in [-0.1, -0.05) is 5.16 Å².